The third kappa shape index (κ3) is 2.83. The van der Waals surface area contributed by atoms with Gasteiger partial charge in [-0.05, 0) is 32.2 Å². The molecule has 2 aromatic carbocycles. The van der Waals surface area contributed by atoms with E-state index in [9.17, 15) is 5.11 Å². The summed E-state index contributed by atoms with van der Waals surface area (Å²) in [6.07, 6.45) is 0. The van der Waals surface area contributed by atoms with E-state index >= 15 is 0 Å². The van der Waals surface area contributed by atoms with Gasteiger partial charge in [0.05, 0.1) is 17.6 Å². The van der Waals surface area contributed by atoms with Crippen LogP contribution in [0.2, 0.25) is 0 Å². The molecule has 0 saturated heterocycles. The summed E-state index contributed by atoms with van der Waals surface area (Å²) in [5.74, 6) is 1.37. The Kier molecular flexibility index (Phi) is 3.86. The number of aromatic hydroxyl groups is 1. The van der Waals surface area contributed by atoms with Gasteiger partial charge in [-0.3, -0.25) is 4.90 Å². The van der Waals surface area contributed by atoms with Crippen LogP contribution in [0.1, 0.15) is 17.0 Å². The molecule has 1 heterocycles. The molecule has 1 N–H and O–H groups in total. The van der Waals surface area contributed by atoms with Crippen molar-refractivity contribution in [2.24, 2.45) is 7.05 Å². The van der Waals surface area contributed by atoms with Crippen molar-refractivity contribution in [2.75, 3.05) is 7.05 Å². The first kappa shape index (κ1) is 14.6. The monoisotopic (exact) mass is 295 g/mol. The number of phenols is 1. The number of para-hydroxylation sites is 2. The maximum absolute atomic E-state index is 9.97. The summed E-state index contributed by atoms with van der Waals surface area (Å²) in [5, 5.41) is 9.97. The van der Waals surface area contributed by atoms with Gasteiger partial charge < -0.3 is 9.67 Å². The molecular formula is C18H21N3O. The third-order valence-electron chi connectivity index (χ3n) is 3.97. The van der Waals surface area contributed by atoms with Gasteiger partial charge >= 0.3 is 0 Å². The molecule has 114 valence electrons. The largest absolute Gasteiger partial charge is 0.508 e. The van der Waals surface area contributed by atoms with Gasteiger partial charge in [-0.15, -0.1) is 0 Å². The molecule has 3 aromatic rings. The van der Waals surface area contributed by atoms with Crippen LogP contribution in [0.3, 0.4) is 0 Å². The molecule has 0 atom stereocenters. The molecule has 0 saturated carbocycles. The van der Waals surface area contributed by atoms with Crippen LogP contribution >= 0.6 is 0 Å². The molecule has 0 spiro atoms. The number of hydrogen-bond acceptors (Lipinski definition) is 3. The molecule has 0 unspecified atom stereocenters. The van der Waals surface area contributed by atoms with Crippen LogP contribution < -0.4 is 0 Å². The summed E-state index contributed by atoms with van der Waals surface area (Å²) < 4.78 is 2.13. The maximum Gasteiger partial charge on any atom is 0.123 e. The molecule has 0 amide bonds. The van der Waals surface area contributed by atoms with E-state index in [0.29, 0.717) is 12.3 Å². The van der Waals surface area contributed by atoms with Crippen LogP contribution in [0, 0.1) is 6.92 Å². The SMILES string of the molecule is Cc1ccc(O)c(CN(C)Cc2nc3ccccc3n2C)c1. The van der Waals surface area contributed by atoms with Gasteiger partial charge in [-0.2, -0.15) is 0 Å². The van der Waals surface area contributed by atoms with Crippen molar-refractivity contribution >= 4 is 11.0 Å². The second kappa shape index (κ2) is 5.81. The minimum atomic E-state index is 0.349. The number of imidazole rings is 1. The zero-order valence-electron chi connectivity index (χ0n) is 13.2. The highest BCUT2D eigenvalue weighted by molar-refractivity contribution is 5.75. The first-order valence-electron chi connectivity index (χ1n) is 7.42. The predicted molar refractivity (Wildman–Crippen MR) is 88.7 cm³/mol. The van der Waals surface area contributed by atoms with E-state index in [2.05, 4.69) is 15.5 Å². The van der Waals surface area contributed by atoms with Crippen LogP contribution in [-0.4, -0.2) is 26.6 Å². The molecule has 4 nitrogen and oxygen atoms in total. The zero-order valence-corrected chi connectivity index (χ0v) is 13.2. The third-order valence-corrected chi connectivity index (χ3v) is 3.97. The Morgan fingerprint density at radius 3 is 2.68 bits per heavy atom. The molecule has 3 rings (SSSR count). The van der Waals surface area contributed by atoms with E-state index in [0.717, 1.165) is 34.5 Å². The highest BCUT2D eigenvalue weighted by Crippen LogP contribution is 2.21. The van der Waals surface area contributed by atoms with E-state index < -0.39 is 0 Å². The average Bonchev–Trinajstić information content (AvgIpc) is 2.80. The fourth-order valence-corrected chi connectivity index (χ4v) is 2.77. The van der Waals surface area contributed by atoms with Gasteiger partial charge in [-0.25, -0.2) is 4.98 Å². The van der Waals surface area contributed by atoms with Crippen LogP contribution in [0.15, 0.2) is 42.5 Å². The van der Waals surface area contributed by atoms with Crippen molar-refractivity contribution in [1.82, 2.24) is 14.5 Å². The number of aryl methyl sites for hydroxylation is 2. The van der Waals surface area contributed by atoms with Gasteiger partial charge in [0.15, 0.2) is 0 Å². The zero-order chi connectivity index (χ0) is 15.7. The number of aromatic nitrogens is 2. The molecule has 0 aliphatic heterocycles. The molecule has 4 heteroatoms. The fourth-order valence-electron chi connectivity index (χ4n) is 2.77. The van der Waals surface area contributed by atoms with Gasteiger partial charge in [0, 0.05) is 19.2 Å². The Balaban J connectivity index is 1.79. The minimum Gasteiger partial charge on any atom is -0.508 e. The predicted octanol–water partition coefficient (Wildman–Crippen LogP) is 3.22. The number of phenolic OH excluding ortho intramolecular Hbond substituents is 1. The number of nitrogens with zero attached hydrogens (tertiary/aromatic N) is 3. The maximum atomic E-state index is 9.97. The highest BCUT2D eigenvalue weighted by atomic mass is 16.3. The lowest BCUT2D eigenvalue weighted by Crippen LogP contribution is -2.19. The lowest BCUT2D eigenvalue weighted by molar-refractivity contribution is 0.302. The Morgan fingerprint density at radius 1 is 1.14 bits per heavy atom. The molecule has 0 fully saturated rings. The first-order valence-corrected chi connectivity index (χ1v) is 7.42. The van der Waals surface area contributed by atoms with Crippen molar-refractivity contribution in [3.05, 3.63) is 59.4 Å². The molecular weight excluding hydrogens is 274 g/mol. The normalized spacial score (nSPS) is 11.5. The molecule has 22 heavy (non-hydrogen) atoms. The lowest BCUT2D eigenvalue weighted by Gasteiger charge is -2.17. The molecule has 0 aliphatic carbocycles. The second-order valence-corrected chi connectivity index (χ2v) is 5.88. The standard InChI is InChI=1S/C18H21N3O/c1-13-8-9-17(22)14(10-13)11-20(2)12-18-19-15-6-4-5-7-16(15)21(18)3/h4-10,22H,11-12H2,1-3H3. The van der Waals surface area contributed by atoms with Gasteiger partial charge in [0.2, 0.25) is 0 Å². The fraction of sp³-hybridized carbons (Fsp3) is 0.278. The molecule has 1 aromatic heterocycles. The van der Waals surface area contributed by atoms with E-state index in [4.69, 9.17) is 4.98 Å². The summed E-state index contributed by atoms with van der Waals surface area (Å²) in [5.41, 5.74) is 4.27. The summed E-state index contributed by atoms with van der Waals surface area (Å²) in [6.45, 7) is 3.46. The quantitative estimate of drug-likeness (QED) is 0.803. The average molecular weight is 295 g/mol. The summed E-state index contributed by atoms with van der Waals surface area (Å²) in [6, 6.07) is 13.9. The van der Waals surface area contributed by atoms with E-state index in [1.165, 1.54) is 0 Å². The Hall–Kier alpha value is -2.33. The van der Waals surface area contributed by atoms with Crippen LogP contribution in [-0.2, 0) is 20.1 Å². The smallest absolute Gasteiger partial charge is 0.123 e. The van der Waals surface area contributed by atoms with E-state index in [1.54, 1.807) is 6.07 Å². The van der Waals surface area contributed by atoms with Crippen molar-refractivity contribution in [3.63, 3.8) is 0 Å². The summed E-state index contributed by atoms with van der Waals surface area (Å²) in [7, 11) is 4.09. The van der Waals surface area contributed by atoms with E-state index in [-0.39, 0.29) is 0 Å². The van der Waals surface area contributed by atoms with Crippen LogP contribution in [0.5, 0.6) is 5.75 Å². The van der Waals surface area contributed by atoms with Gasteiger partial charge in [0.25, 0.3) is 0 Å². The summed E-state index contributed by atoms with van der Waals surface area (Å²) >= 11 is 0. The molecule has 0 radical (unpaired) electrons. The van der Waals surface area contributed by atoms with E-state index in [1.807, 2.05) is 51.4 Å². The van der Waals surface area contributed by atoms with Gasteiger partial charge in [0.1, 0.15) is 11.6 Å². The Bertz CT molecular complexity index is 807. The number of rotatable bonds is 4. The lowest BCUT2D eigenvalue weighted by atomic mass is 10.1. The first-order chi connectivity index (χ1) is 10.5. The number of hydrogen-bond donors (Lipinski definition) is 1. The highest BCUT2D eigenvalue weighted by Gasteiger charge is 2.11. The van der Waals surface area contributed by atoms with Crippen molar-refractivity contribution in [2.45, 2.75) is 20.0 Å². The van der Waals surface area contributed by atoms with Crippen LogP contribution in [0.4, 0.5) is 0 Å². The Labute approximate surface area is 130 Å². The van der Waals surface area contributed by atoms with Crippen molar-refractivity contribution in [1.29, 1.82) is 0 Å². The minimum absolute atomic E-state index is 0.349. The number of benzene rings is 2. The van der Waals surface area contributed by atoms with Crippen molar-refractivity contribution < 1.29 is 5.11 Å². The van der Waals surface area contributed by atoms with Crippen molar-refractivity contribution in [3.8, 4) is 5.75 Å². The summed E-state index contributed by atoms with van der Waals surface area (Å²) in [4.78, 5) is 6.86. The van der Waals surface area contributed by atoms with Gasteiger partial charge in [-0.1, -0.05) is 29.8 Å². The second-order valence-electron chi connectivity index (χ2n) is 5.88. The molecule has 0 bridgehead atoms. The topological polar surface area (TPSA) is 41.3 Å². The number of fused-ring (bicyclic) bond motifs is 1. The molecule has 0 aliphatic rings. The Morgan fingerprint density at radius 2 is 1.91 bits per heavy atom. The van der Waals surface area contributed by atoms with Crippen LogP contribution in [0.25, 0.3) is 11.0 Å².